The van der Waals surface area contributed by atoms with Gasteiger partial charge in [0, 0.05) is 4.83 Å². The van der Waals surface area contributed by atoms with Gasteiger partial charge in [-0.05, 0) is 19.3 Å². The zero-order valence-corrected chi connectivity index (χ0v) is 8.26. The molecule has 0 aromatic rings. The van der Waals surface area contributed by atoms with Crippen molar-refractivity contribution < 1.29 is 0 Å². The molecule has 1 saturated carbocycles. The van der Waals surface area contributed by atoms with E-state index in [4.69, 9.17) is 11.6 Å². The Kier molecular flexibility index (Phi) is 2.27. The molecule has 0 amide bonds. The van der Waals surface area contributed by atoms with Gasteiger partial charge in [-0.1, -0.05) is 31.9 Å². The van der Waals surface area contributed by atoms with Crippen LogP contribution in [0.5, 0.6) is 0 Å². The second-order valence-electron chi connectivity index (χ2n) is 2.12. The highest BCUT2D eigenvalue weighted by molar-refractivity contribution is 9.13. The summed E-state index contributed by atoms with van der Waals surface area (Å²) in [5.74, 6) is 0. The summed E-state index contributed by atoms with van der Waals surface area (Å²) in [4.78, 5) is 0.455. The van der Waals surface area contributed by atoms with Crippen LogP contribution in [0.3, 0.4) is 0 Å². The van der Waals surface area contributed by atoms with Crippen LogP contribution in [0.2, 0.25) is 0 Å². The summed E-state index contributed by atoms with van der Waals surface area (Å²) in [6.07, 6.45) is 3.49. The van der Waals surface area contributed by atoms with E-state index in [-0.39, 0.29) is 3.78 Å². The Morgan fingerprint density at radius 3 is 2.38 bits per heavy atom. The zero-order valence-electron chi connectivity index (χ0n) is 4.33. The number of hydrogen-bond acceptors (Lipinski definition) is 0. The smallest absolute Gasteiger partial charge is 0.106 e. The van der Waals surface area contributed by atoms with Crippen molar-refractivity contribution in [1.29, 1.82) is 0 Å². The molecular formula is C5H7Br2Cl. The quantitative estimate of drug-likeness (QED) is 0.588. The van der Waals surface area contributed by atoms with Crippen molar-refractivity contribution in [2.24, 2.45) is 0 Å². The molecule has 2 atom stereocenters. The Bertz CT molecular complexity index is 92.4. The van der Waals surface area contributed by atoms with Gasteiger partial charge < -0.3 is 0 Å². The fourth-order valence-electron chi connectivity index (χ4n) is 0.885. The van der Waals surface area contributed by atoms with E-state index in [0.717, 1.165) is 6.42 Å². The fourth-order valence-corrected chi connectivity index (χ4v) is 2.19. The summed E-state index contributed by atoms with van der Waals surface area (Å²) in [6, 6.07) is 0. The van der Waals surface area contributed by atoms with E-state index in [1.807, 2.05) is 0 Å². The minimum Gasteiger partial charge on any atom is -0.106 e. The predicted molar refractivity (Wildman–Crippen MR) is 44.1 cm³/mol. The molecule has 0 radical (unpaired) electrons. The second-order valence-corrected chi connectivity index (χ2v) is 5.77. The van der Waals surface area contributed by atoms with Gasteiger partial charge in [0.25, 0.3) is 0 Å². The minimum atomic E-state index is -0.146. The molecule has 8 heavy (non-hydrogen) atoms. The lowest BCUT2D eigenvalue weighted by Gasteiger charge is -2.15. The van der Waals surface area contributed by atoms with Crippen molar-refractivity contribution in [2.75, 3.05) is 0 Å². The topological polar surface area (TPSA) is 0 Å². The van der Waals surface area contributed by atoms with Crippen LogP contribution in [-0.2, 0) is 0 Å². The summed E-state index contributed by atoms with van der Waals surface area (Å²) < 4.78 is -0.146. The Morgan fingerprint density at radius 1 is 1.62 bits per heavy atom. The van der Waals surface area contributed by atoms with Gasteiger partial charge in [0.15, 0.2) is 0 Å². The molecule has 1 fully saturated rings. The van der Waals surface area contributed by atoms with Crippen LogP contribution in [0.4, 0.5) is 0 Å². The zero-order chi connectivity index (χ0) is 6.20. The van der Waals surface area contributed by atoms with E-state index in [0.29, 0.717) is 4.83 Å². The van der Waals surface area contributed by atoms with Crippen molar-refractivity contribution in [3.63, 3.8) is 0 Å². The third kappa shape index (κ3) is 1.39. The Labute approximate surface area is 71.2 Å². The summed E-state index contributed by atoms with van der Waals surface area (Å²) in [5, 5.41) is 0. The van der Waals surface area contributed by atoms with Crippen molar-refractivity contribution in [1.82, 2.24) is 0 Å². The SMILES string of the molecule is ClC1(Br)CCCC1Br. The normalized spacial score (nSPS) is 47.6. The van der Waals surface area contributed by atoms with E-state index in [1.54, 1.807) is 0 Å². The number of alkyl halides is 3. The first-order valence-electron chi connectivity index (χ1n) is 2.65. The monoisotopic (exact) mass is 260 g/mol. The maximum Gasteiger partial charge on any atom is 0.112 e. The standard InChI is InChI=1S/C5H7Br2Cl/c6-4-2-1-3-5(4,7)8/h4H,1-3H2. The molecule has 2 unspecified atom stereocenters. The average molecular weight is 262 g/mol. The molecule has 0 bridgehead atoms. The van der Waals surface area contributed by atoms with Gasteiger partial charge in [-0.15, -0.1) is 11.6 Å². The average Bonchev–Trinajstić information content (AvgIpc) is 1.86. The molecule has 0 nitrogen and oxygen atoms in total. The van der Waals surface area contributed by atoms with Crippen LogP contribution in [-0.4, -0.2) is 8.61 Å². The van der Waals surface area contributed by atoms with Gasteiger partial charge in [0.05, 0.1) is 0 Å². The summed E-state index contributed by atoms with van der Waals surface area (Å²) in [6.45, 7) is 0. The number of hydrogen-bond donors (Lipinski definition) is 0. The van der Waals surface area contributed by atoms with Gasteiger partial charge in [0.1, 0.15) is 3.78 Å². The molecule has 0 aromatic heterocycles. The first kappa shape index (κ1) is 7.36. The van der Waals surface area contributed by atoms with Crippen LogP contribution in [0.1, 0.15) is 19.3 Å². The predicted octanol–water partition coefficient (Wildman–Crippen LogP) is 3.26. The molecule has 1 aliphatic carbocycles. The van der Waals surface area contributed by atoms with Gasteiger partial charge >= 0.3 is 0 Å². The molecular weight excluding hydrogens is 255 g/mol. The Balaban J connectivity index is 2.54. The maximum atomic E-state index is 5.99. The van der Waals surface area contributed by atoms with E-state index < -0.39 is 0 Å². The van der Waals surface area contributed by atoms with Gasteiger partial charge in [-0.3, -0.25) is 0 Å². The number of halogens is 3. The van der Waals surface area contributed by atoms with Gasteiger partial charge in [0.2, 0.25) is 0 Å². The third-order valence-electron chi connectivity index (χ3n) is 1.43. The van der Waals surface area contributed by atoms with Crippen LogP contribution in [0, 0.1) is 0 Å². The van der Waals surface area contributed by atoms with Crippen LogP contribution in [0.25, 0.3) is 0 Å². The van der Waals surface area contributed by atoms with Crippen molar-refractivity contribution in [2.45, 2.75) is 27.9 Å². The van der Waals surface area contributed by atoms with E-state index in [9.17, 15) is 0 Å². The first-order chi connectivity index (χ1) is 3.63. The molecule has 0 aliphatic heterocycles. The van der Waals surface area contributed by atoms with Gasteiger partial charge in [-0.25, -0.2) is 0 Å². The van der Waals surface area contributed by atoms with E-state index >= 15 is 0 Å². The molecule has 1 aliphatic rings. The lowest BCUT2D eigenvalue weighted by atomic mass is 10.4. The number of rotatable bonds is 0. The van der Waals surface area contributed by atoms with E-state index in [2.05, 4.69) is 31.9 Å². The van der Waals surface area contributed by atoms with Crippen LogP contribution in [0.15, 0.2) is 0 Å². The highest BCUT2D eigenvalue weighted by Crippen LogP contribution is 2.45. The highest BCUT2D eigenvalue weighted by Gasteiger charge is 2.36. The van der Waals surface area contributed by atoms with Crippen LogP contribution < -0.4 is 0 Å². The van der Waals surface area contributed by atoms with Gasteiger partial charge in [-0.2, -0.15) is 0 Å². The first-order valence-corrected chi connectivity index (χ1v) is 4.73. The Hall–Kier alpha value is 1.25. The summed E-state index contributed by atoms with van der Waals surface area (Å²) >= 11 is 12.9. The third-order valence-corrected chi connectivity index (χ3v) is 4.94. The molecule has 1 rings (SSSR count). The highest BCUT2D eigenvalue weighted by atomic mass is 79.9. The fraction of sp³-hybridized carbons (Fsp3) is 1.00. The molecule has 0 spiro atoms. The molecule has 3 heteroatoms. The van der Waals surface area contributed by atoms with E-state index in [1.165, 1.54) is 12.8 Å². The molecule has 0 heterocycles. The van der Waals surface area contributed by atoms with Crippen molar-refractivity contribution in [3.05, 3.63) is 0 Å². The molecule has 0 aromatic carbocycles. The summed E-state index contributed by atoms with van der Waals surface area (Å²) in [7, 11) is 0. The molecule has 0 saturated heterocycles. The molecule has 0 N–H and O–H groups in total. The largest absolute Gasteiger partial charge is 0.112 e. The maximum absolute atomic E-state index is 5.99. The second kappa shape index (κ2) is 2.47. The summed E-state index contributed by atoms with van der Waals surface area (Å²) in [5.41, 5.74) is 0. The molecule has 48 valence electrons. The lowest BCUT2D eigenvalue weighted by Crippen LogP contribution is -2.16. The van der Waals surface area contributed by atoms with Crippen molar-refractivity contribution >= 4 is 43.5 Å². The minimum absolute atomic E-state index is 0.146. The van der Waals surface area contributed by atoms with Crippen molar-refractivity contribution in [3.8, 4) is 0 Å². The van der Waals surface area contributed by atoms with Crippen LogP contribution >= 0.6 is 43.5 Å². The Morgan fingerprint density at radius 2 is 2.25 bits per heavy atom. The lowest BCUT2D eigenvalue weighted by molar-refractivity contribution is 0.863.